The zero-order valence-electron chi connectivity index (χ0n) is 9.34. The number of ether oxygens (including phenoxy) is 1. The molecule has 0 aliphatic rings. The van der Waals surface area contributed by atoms with E-state index in [1.54, 1.807) is 10.8 Å². The van der Waals surface area contributed by atoms with Gasteiger partial charge in [0.25, 0.3) is 5.56 Å². The number of hydrogen-bond donors (Lipinski definition) is 1. The van der Waals surface area contributed by atoms with Crippen LogP contribution in [0.1, 0.15) is 6.92 Å². The molecule has 0 saturated heterocycles. The summed E-state index contributed by atoms with van der Waals surface area (Å²) in [5.74, 6) is 0.812. The molecule has 1 aromatic carbocycles. The molecule has 0 atom stereocenters. The van der Waals surface area contributed by atoms with E-state index >= 15 is 0 Å². The molecule has 0 unspecified atom stereocenters. The van der Waals surface area contributed by atoms with Gasteiger partial charge in [-0.05, 0) is 43.4 Å². The fourth-order valence-corrected chi connectivity index (χ4v) is 1.76. The summed E-state index contributed by atoms with van der Waals surface area (Å²) in [6.45, 7) is 2.57. The van der Waals surface area contributed by atoms with Crippen molar-refractivity contribution in [2.75, 3.05) is 6.61 Å². The van der Waals surface area contributed by atoms with Gasteiger partial charge in [-0.3, -0.25) is 14.3 Å². The molecule has 17 heavy (non-hydrogen) atoms. The molecule has 0 aliphatic carbocycles. The molecule has 0 bridgehead atoms. The largest absolute Gasteiger partial charge is 0.494 e. The summed E-state index contributed by atoms with van der Waals surface area (Å²) in [6, 6.07) is 8.95. The van der Waals surface area contributed by atoms with Crippen LogP contribution >= 0.6 is 12.2 Å². The molecule has 2 rings (SSSR count). The van der Waals surface area contributed by atoms with Gasteiger partial charge in [0.1, 0.15) is 5.75 Å². The van der Waals surface area contributed by atoms with Crippen LogP contribution in [-0.2, 0) is 0 Å². The number of aromatic amines is 1. The van der Waals surface area contributed by atoms with Crippen LogP contribution in [0.5, 0.6) is 5.75 Å². The lowest BCUT2D eigenvalue weighted by Gasteiger charge is -2.07. The van der Waals surface area contributed by atoms with E-state index in [1.165, 1.54) is 6.07 Å². The van der Waals surface area contributed by atoms with E-state index in [4.69, 9.17) is 17.0 Å². The Hall–Kier alpha value is -1.88. The van der Waals surface area contributed by atoms with Crippen LogP contribution in [-0.4, -0.2) is 16.2 Å². The van der Waals surface area contributed by atoms with E-state index in [0.717, 1.165) is 11.4 Å². The molecule has 1 heterocycles. The van der Waals surface area contributed by atoms with Gasteiger partial charge in [0.05, 0.1) is 6.61 Å². The number of nitrogens with zero attached hydrogens (tertiary/aromatic N) is 1. The summed E-state index contributed by atoms with van der Waals surface area (Å²) in [4.78, 5) is 13.6. The number of aromatic nitrogens is 2. The predicted octanol–water partition coefficient (Wildman–Crippen LogP) is 2.29. The Labute approximate surface area is 104 Å². The van der Waals surface area contributed by atoms with Crippen molar-refractivity contribution in [3.05, 3.63) is 51.7 Å². The topological polar surface area (TPSA) is 47.0 Å². The Balaban J connectivity index is 2.40. The molecule has 5 heteroatoms. The molecule has 4 nitrogen and oxygen atoms in total. The second kappa shape index (κ2) is 4.97. The van der Waals surface area contributed by atoms with Gasteiger partial charge in [-0.2, -0.15) is 0 Å². The van der Waals surface area contributed by atoms with Gasteiger partial charge in [-0.1, -0.05) is 0 Å². The van der Waals surface area contributed by atoms with Crippen molar-refractivity contribution in [2.24, 2.45) is 0 Å². The Morgan fingerprint density at radius 1 is 1.29 bits per heavy atom. The van der Waals surface area contributed by atoms with E-state index in [-0.39, 0.29) is 5.56 Å². The number of H-pyrrole nitrogens is 1. The first-order valence-corrected chi connectivity index (χ1v) is 5.67. The first kappa shape index (κ1) is 11.6. The van der Waals surface area contributed by atoms with Gasteiger partial charge in [0.15, 0.2) is 4.77 Å². The Kier molecular flexibility index (Phi) is 3.39. The van der Waals surface area contributed by atoms with Gasteiger partial charge >= 0.3 is 0 Å². The molecular weight excluding hydrogens is 236 g/mol. The molecule has 0 radical (unpaired) electrons. The molecule has 0 saturated carbocycles. The number of rotatable bonds is 3. The van der Waals surface area contributed by atoms with Gasteiger partial charge in [0, 0.05) is 18.0 Å². The van der Waals surface area contributed by atoms with Gasteiger partial charge < -0.3 is 4.74 Å². The number of hydrogen-bond acceptors (Lipinski definition) is 3. The molecule has 2 aromatic rings. The standard InChI is InChI=1S/C12H12N2O2S/c1-2-16-10-5-3-9(4-6-10)14-8-7-11(15)13-12(14)17/h3-8H,2H2,1H3,(H,13,15,17). The third kappa shape index (κ3) is 2.62. The SMILES string of the molecule is CCOc1ccc(-n2ccc(=O)[nH]c2=S)cc1. The van der Waals surface area contributed by atoms with Crippen molar-refractivity contribution in [3.63, 3.8) is 0 Å². The van der Waals surface area contributed by atoms with Gasteiger partial charge in [0.2, 0.25) is 0 Å². The molecule has 88 valence electrons. The molecule has 1 aromatic heterocycles. The summed E-state index contributed by atoms with van der Waals surface area (Å²) in [5, 5.41) is 0. The zero-order chi connectivity index (χ0) is 12.3. The molecule has 0 amide bonds. The minimum absolute atomic E-state index is 0.197. The van der Waals surface area contributed by atoms with Crippen LogP contribution in [0.25, 0.3) is 5.69 Å². The van der Waals surface area contributed by atoms with Crippen molar-refractivity contribution in [1.29, 1.82) is 0 Å². The van der Waals surface area contributed by atoms with Crippen molar-refractivity contribution in [2.45, 2.75) is 6.92 Å². The second-order valence-electron chi connectivity index (χ2n) is 3.41. The van der Waals surface area contributed by atoms with Crippen LogP contribution in [0.4, 0.5) is 0 Å². The summed E-state index contributed by atoms with van der Waals surface area (Å²) in [7, 11) is 0. The highest BCUT2D eigenvalue weighted by molar-refractivity contribution is 7.71. The third-order valence-electron chi connectivity index (χ3n) is 2.25. The van der Waals surface area contributed by atoms with E-state index in [9.17, 15) is 4.79 Å². The average molecular weight is 248 g/mol. The van der Waals surface area contributed by atoms with Crippen LogP contribution in [0.3, 0.4) is 0 Å². The highest BCUT2D eigenvalue weighted by atomic mass is 32.1. The highest BCUT2D eigenvalue weighted by Crippen LogP contribution is 2.14. The lowest BCUT2D eigenvalue weighted by molar-refractivity contribution is 0.340. The van der Waals surface area contributed by atoms with Crippen LogP contribution in [0.2, 0.25) is 0 Å². The lowest BCUT2D eigenvalue weighted by atomic mass is 10.3. The minimum atomic E-state index is -0.197. The molecular formula is C12H12N2O2S. The van der Waals surface area contributed by atoms with Gasteiger partial charge in [-0.15, -0.1) is 0 Å². The quantitative estimate of drug-likeness (QED) is 0.848. The van der Waals surface area contributed by atoms with Crippen molar-refractivity contribution >= 4 is 12.2 Å². The summed E-state index contributed by atoms with van der Waals surface area (Å²) < 4.78 is 7.46. The molecule has 0 spiro atoms. The maximum atomic E-state index is 11.1. The Morgan fingerprint density at radius 3 is 2.59 bits per heavy atom. The average Bonchev–Trinajstić information content (AvgIpc) is 2.31. The van der Waals surface area contributed by atoms with E-state index < -0.39 is 0 Å². The van der Waals surface area contributed by atoms with E-state index in [2.05, 4.69) is 4.98 Å². The first-order valence-electron chi connectivity index (χ1n) is 5.26. The third-order valence-corrected chi connectivity index (χ3v) is 2.55. The van der Waals surface area contributed by atoms with E-state index in [0.29, 0.717) is 11.4 Å². The molecule has 0 aliphatic heterocycles. The maximum Gasteiger partial charge on any atom is 0.251 e. The number of nitrogens with one attached hydrogen (secondary N) is 1. The van der Waals surface area contributed by atoms with Crippen LogP contribution in [0.15, 0.2) is 41.3 Å². The van der Waals surface area contributed by atoms with E-state index in [1.807, 2.05) is 31.2 Å². The van der Waals surface area contributed by atoms with Crippen LogP contribution in [0, 0.1) is 4.77 Å². The fourth-order valence-electron chi connectivity index (χ4n) is 1.49. The summed E-state index contributed by atoms with van der Waals surface area (Å²) >= 11 is 5.08. The lowest BCUT2D eigenvalue weighted by Crippen LogP contribution is -2.09. The molecule has 1 N–H and O–H groups in total. The van der Waals surface area contributed by atoms with Crippen molar-refractivity contribution in [1.82, 2.24) is 9.55 Å². The Morgan fingerprint density at radius 2 is 2.00 bits per heavy atom. The smallest absolute Gasteiger partial charge is 0.251 e. The predicted molar refractivity (Wildman–Crippen MR) is 68.4 cm³/mol. The van der Waals surface area contributed by atoms with Crippen LogP contribution < -0.4 is 10.3 Å². The monoisotopic (exact) mass is 248 g/mol. The molecule has 0 fully saturated rings. The fraction of sp³-hybridized carbons (Fsp3) is 0.167. The normalized spacial score (nSPS) is 10.2. The van der Waals surface area contributed by atoms with Gasteiger partial charge in [-0.25, -0.2) is 0 Å². The number of benzene rings is 1. The summed E-state index contributed by atoms with van der Waals surface area (Å²) in [6.07, 6.45) is 1.65. The maximum absolute atomic E-state index is 11.1. The summed E-state index contributed by atoms with van der Waals surface area (Å²) in [5.41, 5.74) is 0.687. The van der Waals surface area contributed by atoms with Crippen molar-refractivity contribution < 1.29 is 4.74 Å². The second-order valence-corrected chi connectivity index (χ2v) is 3.79. The highest BCUT2D eigenvalue weighted by Gasteiger charge is 1.98. The minimum Gasteiger partial charge on any atom is -0.494 e. The van der Waals surface area contributed by atoms with Crippen molar-refractivity contribution in [3.8, 4) is 11.4 Å². The first-order chi connectivity index (χ1) is 8.20. The zero-order valence-corrected chi connectivity index (χ0v) is 10.2. The Bertz CT molecular complexity index is 613.